The Kier molecular flexibility index (Phi) is 5.53. The lowest BCUT2D eigenvalue weighted by atomic mass is 9.90. The molecule has 2 aliphatic rings. The maximum atomic E-state index is 12.5. The van der Waals surface area contributed by atoms with E-state index in [9.17, 15) is 19.8 Å². The monoisotopic (exact) mass is 724 g/mol. The van der Waals surface area contributed by atoms with E-state index >= 15 is 0 Å². The Hall–Kier alpha value is -1.41. The lowest BCUT2D eigenvalue weighted by Gasteiger charge is -2.19. The first kappa shape index (κ1) is 20.8. The summed E-state index contributed by atoms with van der Waals surface area (Å²) < 4.78 is 7.66. The number of fused-ring (bicyclic) bond motifs is 2. The van der Waals surface area contributed by atoms with Gasteiger partial charge < -0.3 is 14.6 Å². The van der Waals surface area contributed by atoms with Gasteiger partial charge in [-0.25, -0.2) is 4.79 Å². The molecule has 4 rings (SSSR count). The average molecular weight is 724 g/mol. The SMILES string of the molecule is Cc1cc2c(-c3ccccc3C(=O)O)c3cc(I)c(O)c(I)c3oc-2c(I)c1=O. The van der Waals surface area contributed by atoms with E-state index in [1.165, 1.54) is 0 Å². The second-order valence-electron chi connectivity index (χ2n) is 6.44. The van der Waals surface area contributed by atoms with Gasteiger partial charge in [0.25, 0.3) is 0 Å². The highest BCUT2D eigenvalue weighted by atomic mass is 127. The Morgan fingerprint density at radius 2 is 1.72 bits per heavy atom. The number of hydrogen-bond acceptors (Lipinski definition) is 4. The highest BCUT2D eigenvalue weighted by molar-refractivity contribution is 14.1. The minimum Gasteiger partial charge on any atom is -0.506 e. The van der Waals surface area contributed by atoms with Crippen molar-refractivity contribution in [3.05, 3.63) is 68.5 Å². The van der Waals surface area contributed by atoms with Gasteiger partial charge in [-0.2, -0.15) is 0 Å². The summed E-state index contributed by atoms with van der Waals surface area (Å²) in [6.07, 6.45) is 0. The van der Waals surface area contributed by atoms with Crippen molar-refractivity contribution in [1.29, 1.82) is 0 Å². The molecule has 29 heavy (non-hydrogen) atoms. The molecule has 1 heterocycles. The standard InChI is InChI=1S/C21H11I3O5/c1-8-6-11-14(9-4-2-3-5-10(9)21(27)28)12-7-13(22)18(26)16(24)20(12)29-19(11)15(23)17(8)25/h2-7,26H,1H3,(H,27,28). The van der Waals surface area contributed by atoms with E-state index < -0.39 is 5.97 Å². The zero-order valence-corrected chi connectivity index (χ0v) is 21.2. The first-order chi connectivity index (χ1) is 13.7. The lowest BCUT2D eigenvalue weighted by Crippen LogP contribution is -2.12. The number of hydrogen-bond donors (Lipinski definition) is 2. The predicted octanol–water partition coefficient (Wildman–Crippen LogP) is 6.09. The molecule has 5 nitrogen and oxygen atoms in total. The molecule has 0 unspecified atom stereocenters. The number of halogens is 3. The number of carbonyl (C=O) groups is 1. The minimum atomic E-state index is -1.04. The maximum absolute atomic E-state index is 12.5. The molecule has 0 bridgehead atoms. The van der Waals surface area contributed by atoms with Gasteiger partial charge >= 0.3 is 5.97 Å². The zero-order chi connectivity index (χ0) is 21.0. The molecule has 0 saturated heterocycles. The van der Waals surface area contributed by atoms with E-state index in [0.717, 1.165) is 0 Å². The fraction of sp³-hybridized carbons (Fsp3) is 0.0476. The van der Waals surface area contributed by atoms with Crippen molar-refractivity contribution in [3.63, 3.8) is 0 Å². The Balaban J connectivity index is 2.34. The van der Waals surface area contributed by atoms with Crippen molar-refractivity contribution in [2.24, 2.45) is 0 Å². The molecule has 146 valence electrons. The Morgan fingerprint density at radius 3 is 2.41 bits per heavy atom. The fourth-order valence-electron chi connectivity index (χ4n) is 3.33. The number of carboxylic acid groups (broad SMARTS) is 1. The van der Waals surface area contributed by atoms with Crippen LogP contribution in [0.3, 0.4) is 0 Å². The molecule has 0 amide bonds. The third kappa shape index (κ3) is 3.32. The summed E-state index contributed by atoms with van der Waals surface area (Å²) >= 11 is 5.99. The van der Waals surface area contributed by atoms with Gasteiger partial charge in [-0.05, 0) is 104 Å². The van der Waals surface area contributed by atoms with Crippen LogP contribution >= 0.6 is 67.8 Å². The van der Waals surface area contributed by atoms with Crippen LogP contribution in [0, 0.1) is 17.6 Å². The van der Waals surface area contributed by atoms with Crippen LogP contribution < -0.4 is 5.43 Å². The number of aryl methyl sites for hydroxylation is 1. The quantitative estimate of drug-likeness (QED) is 0.193. The number of phenolic OH excluding ortho intramolecular Hbond substituents is 1. The van der Waals surface area contributed by atoms with Crippen LogP contribution in [0.5, 0.6) is 5.75 Å². The molecule has 0 radical (unpaired) electrons. The average Bonchev–Trinajstić information content (AvgIpc) is 2.69. The number of rotatable bonds is 2. The van der Waals surface area contributed by atoms with E-state index in [1.54, 1.807) is 43.3 Å². The van der Waals surface area contributed by atoms with Gasteiger partial charge in [0.05, 0.1) is 12.7 Å². The summed E-state index contributed by atoms with van der Waals surface area (Å²) in [4.78, 5) is 24.5. The topological polar surface area (TPSA) is 87.7 Å². The van der Waals surface area contributed by atoms with Crippen molar-refractivity contribution in [2.75, 3.05) is 0 Å². The van der Waals surface area contributed by atoms with Crippen LogP contribution in [-0.4, -0.2) is 16.2 Å². The number of aromatic carboxylic acids is 1. The van der Waals surface area contributed by atoms with E-state index in [4.69, 9.17) is 4.42 Å². The van der Waals surface area contributed by atoms with Gasteiger partial charge in [0.2, 0.25) is 0 Å². The van der Waals surface area contributed by atoms with E-state index in [1.807, 2.05) is 67.8 Å². The van der Waals surface area contributed by atoms with Crippen molar-refractivity contribution in [1.82, 2.24) is 0 Å². The van der Waals surface area contributed by atoms with E-state index in [-0.39, 0.29) is 16.7 Å². The maximum Gasteiger partial charge on any atom is 0.336 e. The Morgan fingerprint density at radius 1 is 1.03 bits per heavy atom. The van der Waals surface area contributed by atoms with Gasteiger partial charge in [0, 0.05) is 16.5 Å². The molecule has 1 aliphatic heterocycles. The minimum absolute atomic E-state index is 0.0868. The number of benzene rings is 3. The van der Waals surface area contributed by atoms with Gasteiger partial charge in [0.1, 0.15) is 9.32 Å². The van der Waals surface area contributed by atoms with Gasteiger partial charge in [-0.3, -0.25) is 4.79 Å². The van der Waals surface area contributed by atoms with Crippen molar-refractivity contribution >= 4 is 84.7 Å². The molecule has 2 aromatic carbocycles. The lowest BCUT2D eigenvalue weighted by molar-refractivity contribution is 0.0697. The van der Waals surface area contributed by atoms with Gasteiger partial charge in [-0.1, -0.05) is 18.2 Å². The smallest absolute Gasteiger partial charge is 0.336 e. The van der Waals surface area contributed by atoms with E-state index in [2.05, 4.69) is 0 Å². The van der Waals surface area contributed by atoms with Crippen LogP contribution in [0.1, 0.15) is 15.9 Å². The molecule has 0 fully saturated rings. The summed E-state index contributed by atoms with van der Waals surface area (Å²) in [5, 5.41) is 20.8. The molecule has 2 aromatic rings. The molecular formula is C21H11I3O5. The summed E-state index contributed by atoms with van der Waals surface area (Å²) in [7, 11) is 0. The second kappa shape index (κ2) is 7.69. The molecule has 0 atom stereocenters. The van der Waals surface area contributed by atoms with Crippen molar-refractivity contribution in [2.45, 2.75) is 6.92 Å². The number of aromatic hydroxyl groups is 1. The molecule has 0 saturated carbocycles. The first-order valence-electron chi connectivity index (χ1n) is 8.31. The summed E-state index contributed by atoms with van der Waals surface area (Å²) in [5.41, 5.74) is 2.82. The molecule has 0 aromatic heterocycles. The van der Waals surface area contributed by atoms with Crippen molar-refractivity contribution < 1.29 is 19.4 Å². The molecule has 8 heteroatoms. The highest BCUT2D eigenvalue weighted by Crippen LogP contribution is 2.46. The van der Waals surface area contributed by atoms with Crippen LogP contribution in [-0.2, 0) is 0 Å². The largest absolute Gasteiger partial charge is 0.506 e. The summed E-state index contributed by atoms with van der Waals surface area (Å²) in [6, 6.07) is 10.3. The number of phenols is 1. The molecule has 0 spiro atoms. The highest BCUT2D eigenvalue weighted by Gasteiger charge is 2.26. The molecule has 1 aliphatic carbocycles. The van der Waals surface area contributed by atoms with Crippen LogP contribution in [0.25, 0.3) is 33.4 Å². The predicted molar refractivity (Wildman–Crippen MR) is 136 cm³/mol. The van der Waals surface area contributed by atoms with Gasteiger partial charge in [0.15, 0.2) is 16.8 Å². The Bertz CT molecular complexity index is 1360. The van der Waals surface area contributed by atoms with Crippen LogP contribution in [0.4, 0.5) is 0 Å². The first-order valence-corrected chi connectivity index (χ1v) is 11.5. The summed E-state index contributed by atoms with van der Waals surface area (Å²) in [5.74, 6) is -0.580. The Labute approximate surface area is 205 Å². The third-order valence-electron chi connectivity index (χ3n) is 4.68. The normalized spacial score (nSPS) is 11.3. The van der Waals surface area contributed by atoms with Crippen LogP contribution in [0.15, 0.2) is 45.6 Å². The van der Waals surface area contributed by atoms with E-state index in [0.29, 0.717) is 49.7 Å². The third-order valence-corrected chi connectivity index (χ3v) is 7.48. The zero-order valence-electron chi connectivity index (χ0n) is 14.7. The second-order valence-corrected chi connectivity index (χ2v) is 9.76. The van der Waals surface area contributed by atoms with Gasteiger partial charge in [-0.15, -0.1) is 0 Å². The molecule has 2 N–H and O–H groups in total. The summed E-state index contributed by atoms with van der Waals surface area (Å²) in [6.45, 7) is 1.73. The van der Waals surface area contributed by atoms with Crippen LogP contribution in [0.2, 0.25) is 0 Å². The van der Waals surface area contributed by atoms with Crippen molar-refractivity contribution in [3.8, 4) is 28.2 Å². The molecular weight excluding hydrogens is 713 g/mol. The number of carboxylic acids is 1. The fourth-order valence-corrected chi connectivity index (χ4v) is 5.94.